The van der Waals surface area contributed by atoms with Crippen LogP contribution in [0.1, 0.15) is 76.0 Å². The molecule has 96 valence electrons. The summed E-state index contributed by atoms with van der Waals surface area (Å²) in [5.41, 5.74) is 2.46. The van der Waals surface area contributed by atoms with Crippen LogP contribution >= 0.6 is 0 Å². The molecule has 0 saturated carbocycles. The van der Waals surface area contributed by atoms with E-state index in [1.54, 1.807) is 0 Å². The molecule has 0 aliphatic carbocycles. The highest BCUT2D eigenvalue weighted by molar-refractivity contribution is 5.42. The first-order valence-electron chi connectivity index (χ1n) is 6.29. The lowest BCUT2D eigenvalue weighted by atomic mass is 9.83. The molecule has 17 heavy (non-hydrogen) atoms. The van der Waals surface area contributed by atoms with E-state index in [-0.39, 0.29) is 17.8 Å². The van der Waals surface area contributed by atoms with Crippen molar-refractivity contribution in [3.63, 3.8) is 0 Å². The van der Waals surface area contributed by atoms with Crippen molar-refractivity contribution in [1.82, 2.24) is 0 Å². The zero-order valence-corrected chi connectivity index (χ0v) is 11.6. The molecule has 1 aromatic carbocycles. The Balaban J connectivity index is 3.64. The van der Waals surface area contributed by atoms with Crippen LogP contribution in [0.15, 0.2) is 6.07 Å². The Labute approximate surface area is 103 Å². The maximum Gasteiger partial charge on any atom is 0.162 e. The van der Waals surface area contributed by atoms with Crippen molar-refractivity contribution in [2.24, 2.45) is 0 Å². The predicted octanol–water partition coefficient (Wildman–Crippen LogP) is 5.34. The van der Waals surface area contributed by atoms with Crippen LogP contribution in [0.2, 0.25) is 0 Å². The number of hydrogen-bond donors (Lipinski definition) is 0. The summed E-state index contributed by atoms with van der Waals surface area (Å²) in [5.74, 6) is -0.976. The normalized spacial score (nSPS) is 11.9. The zero-order chi connectivity index (χ0) is 13.3. The monoisotopic (exact) mass is 240 g/mol. The Morgan fingerprint density at radius 2 is 1.24 bits per heavy atom. The average Bonchev–Trinajstić information content (AvgIpc) is 2.19. The molecule has 0 aliphatic heterocycles. The van der Waals surface area contributed by atoms with E-state index in [1.807, 2.05) is 41.5 Å². The molecule has 0 fully saturated rings. The minimum Gasteiger partial charge on any atom is -0.204 e. The van der Waals surface area contributed by atoms with Gasteiger partial charge in [0.2, 0.25) is 0 Å². The molecule has 0 bridgehead atoms. The van der Waals surface area contributed by atoms with Gasteiger partial charge in [-0.3, -0.25) is 0 Å². The Kier molecular flexibility index (Phi) is 4.29. The predicted molar refractivity (Wildman–Crippen MR) is 68.6 cm³/mol. The molecule has 0 atom stereocenters. The molecule has 0 heterocycles. The molecule has 0 spiro atoms. The van der Waals surface area contributed by atoms with Crippen molar-refractivity contribution in [2.75, 3.05) is 0 Å². The highest BCUT2D eigenvalue weighted by atomic mass is 19.2. The van der Waals surface area contributed by atoms with Crippen LogP contribution in [0.25, 0.3) is 0 Å². The molecule has 0 amide bonds. The fourth-order valence-corrected chi connectivity index (χ4v) is 2.37. The second-order valence-electron chi connectivity index (χ2n) is 5.55. The van der Waals surface area contributed by atoms with Gasteiger partial charge in [-0.05, 0) is 40.5 Å². The standard InChI is InChI=1S/C15H22F2/c1-8(2)11-7-12(16)15(17)14(10(5)6)13(11)9(3)4/h7-10H,1-6H3. The summed E-state index contributed by atoms with van der Waals surface area (Å²) in [7, 11) is 0. The molecule has 0 radical (unpaired) electrons. The van der Waals surface area contributed by atoms with Gasteiger partial charge in [0, 0.05) is 0 Å². The van der Waals surface area contributed by atoms with Crippen LogP contribution in [0, 0.1) is 11.6 Å². The quantitative estimate of drug-likeness (QED) is 0.669. The van der Waals surface area contributed by atoms with E-state index in [0.717, 1.165) is 11.1 Å². The van der Waals surface area contributed by atoms with Gasteiger partial charge in [-0.2, -0.15) is 0 Å². The summed E-state index contributed by atoms with van der Waals surface area (Å²) in [6.07, 6.45) is 0. The highest BCUT2D eigenvalue weighted by Crippen LogP contribution is 2.36. The second-order valence-corrected chi connectivity index (χ2v) is 5.55. The van der Waals surface area contributed by atoms with Gasteiger partial charge in [0.05, 0.1) is 0 Å². The topological polar surface area (TPSA) is 0 Å². The van der Waals surface area contributed by atoms with E-state index in [0.29, 0.717) is 5.56 Å². The van der Waals surface area contributed by atoms with Crippen LogP contribution in [0.5, 0.6) is 0 Å². The summed E-state index contributed by atoms with van der Waals surface area (Å²) >= 11 is 0. The van der Waals surface area contributed by atoms with E-state index < -0.39 is 11.6 Å². The minimum absolute atomic E-state index is 0.000556. The lowest BCUT2D eigenvalue weighted by molar-refractivity contribution is 0.486. The zero-order valence-electron chi connectivity index (χ0n) is 11.6. The average molecular weight is 240 g/mol. The Morgan fingerprint density at radius 3 is 1.59 bits per heavy atom. The molecular weight excluding hydrogens is 218 g/mol. The van der Waals surface area contributed by atoms with Crippen LogP contribution in [0.3, 0.4) is 0 Å². The lowest BCUT2D eigenvalue weighted by Gasteiger charge is -2.23. The van der Waals surface area contributed by atoms with Gasteiger partial charge in [0.15, 0.2) is 11.6 Å². The summed E-state index contributed by atoms with van der Waals surface area (Å²) in [4.78, 5) is 0. The summed E-state index contributed by atoms with van der Waals surface area (Å²) < 4.78 is 27.6. The van der Waals surface area contributed by atoms with Crippen LogP contribution in [-0.4, -0.2) is 0 Å². The Bertz CT molecular complexity index is 404. The largest absolute Gasteiger partial charge is 0.204 e. The molecule has 2 heteroatoms. The van der Waals surface area contributed by atoms with Crippen molar-refractivity contribution in [2.45, 2.75) is 59.3 Å². The van der Waals surface area contributed by atoms with Crippen LogP contribution in [0.4, 0.5) is 8.78 Å². The molecule has 0 unspecified atom stereocenters. The van der Waals surface area contributed by atoms with Gasteiger partial charge < -0.3 is 0 Å². The van der Waals surface area contributed by atoms with Gasteiger partial charge in [-0.1, -0.05) is 41.5 Å². The number of benzene rings is 1. The van der Waals surface area contributed by atoms with Gasteiger partial charge in [0.1, 0.15) is 0 Å². The first-order chi connectivity index (χ1) is 7.77. The first-order valence-corrected chi connectivity index (χ1v) is 6.29. The smallest absolute Gasteiger partial charge is 0.162 e. The molecular formula is C15H22F2. The third-order valence-electron chi connectivity index (χ3n) is 3.11. The molecule has 0 nitrogen and oxygen atoms in total. The second kappa shape index (κ2) is 5.16. The van der Waals surface area contributed by atoms with E-state index in [2.05, 4.69) is 0 Å². The minimum atomic E-state index is -0.721. The molecule has 0 aliphatic rings. The van der Waals surface area contributed by atoms with E-state index in [4.69, 9.17) is 0 Å². The van der Waals surface area contributed by atoms with Crippen molar-refractivity contribution in [3.05, 3.63) is 34.4 Å². The van der Waals surface area contributed by atoms with Crippen molar-refractivity contribution >= 4 is 0 Å². The molecule has 0 saturated heterocycles. The number of rotatable bonds is 3. The first kappa shape index (κ1) is 14.1. The third kappa shape index (κ3) is 2.67. The molecule has 0 aromatic heterocycles. The van der Waals surface area contributed by atoms with Gasteiger partial charge in [-0.25, -0.2) is 8.78 Å². The van der Waals surface area contributed by atoms with E-state index >= 15 is 0 Å². The van der Waals surface area contributed by atoms with Crippen LogP contribution < -0.4 is 0 Å². The molecule has 1 rings (SSSR count). The third-order valence-corrected chi connectivity index (χ3v) is 3.11. The maximum atomic E-state index is 13.9. The highest BCUT2D eigenvalue weighted by Gasteiger charge is 2.23. The summed E-state index contributed by atoms with van der Waals surface area (Å²) in [5, 5.41) is 0. The number of halogens is 2. The van der Waals surface area contributed by atoms with E-state index in [1.165, 1.54) is 6.07 Å². The SMILES string of the molecule is CC(C)c1cc(F)c(F)c(C(C)C)c1C(C)C. The Hall–Kier alpha value is -0.920. The fraction of sp³-hybridized carbons (Fsp3) is 0.600. The lowest BCUT2D eigenvalue weighted by Crippen LogP contribution is -2.10. The maximum absolute atomic E-state index is 13.9. The number of hydrogen-bond acceptors (Lipinski definition) is 0. The molecule has 0 N–H and O–H groups in total. The van der Waals surface area contributed by atoms with Crippen LogP contribution in [-0.2, 0) is 0 Å². The van der Waals surface area contributed by atoms with Gasteiger partial charge >= 0.3 is 0 Å². The van der Waals surface area contributed by atoms with Gasteiger partial charge in [-0.15, -0.1) is 0 Å². The van der Waals surface area contributed by atoms with Gasteiger partial charge in [0.25, 0.3) is 0 Å². The summed E-state index contributed by atoms with van der Waals surface area (Å²) in [6.45, 7) is 11.9. The fourth-order valence-electron chi connectivity index (χ4n) is 2.37. The Morgan fingerprint density at radius 1 is 0.765 bits per heavy atom. The summed E-state index contributed by atoms with van der Waals surface area (Å²) in [6, 6.07) is 1.36. The van der Waals surface area contributed by atoms with Crippen molar-refractivity contribution in [3.8, 4) is 0 Å². The van der Waals surface area contributed by atoms with Crippen molar-refractivity contribution in [1.29, 1.82) is 0 Å². The van der Waals surface area contributed by atoms with Crippen molar-refractivity contribution < 1.29 is 8.78 Å². The molecule has 1 aromatic rings. The van der Waals surface area contributed by atoms with E-state index in [9.17, 15) is 8.78 Å².